The maximum atomic E-state index is 9.57. The van der Waals surface area contributed by atoms with Crippen molar-refractivity contribution in [2.24, 2.45) is 10.7 Å². The molecular formula is C18H14N4O. The first-order valence-electron chi connectivity index (χ1n) is 7.33. The van der Waals surface area contributed by atoms with Crippen molar-refractivity contribution in [3.8, 4) is 6.07 Å². The Labute approximate surface area is 133 Å². The summed E-state index contributed by atoms with van der Waals surface area (Å²) in [6.07, 6.45) is 10.9. The van der Waals surface area contributed by atoms with E-state index >= 15 is 0 Å². The zero-order chi connectivity index (χ0) is 16.0. The van der Waals surface area contributed by atoms with Gasteiger partial charge in [-0.3, -0.25) is 9.98 Å². The summed E-state index contributed by atoms with van der Waals surface area (Å²) in [5.74, 6) is -0.0688. The summed E-state index contributed by atoms with van der Waals surface area (Å²) < 4.78 is 5.85. The average molecular weight is 302 g/mol. The largest absolute Gasteiger partial charge is 0.466 e. The van der Waals surface area contributed by atoms with Crippen LogP contribution in [0.5, 0.6) is 0 Å². The molecule has 1 aromatic rings. The van der Waals surface area contributed by atoms with Gasteiger partial charge in [-0.05, 0) is 35.8 Å². The van der Waals surface area contributed by atoms with E-state index in [9.17, 15) is 5.26 Å². The Morgan fingerprint density at radius 1 is 1.26 bits per heavy atom. The van der Waals surface area contributed by atoms with Crippen LogP contribution in [0.25, 0.3) is 0 Å². The van der Waals surface area contributed by atoms with Crippen molar-refractivity contribution in [3.05, 3.63) is 76.1 Å². The van der Waals surface area contributed by atoms with Crippen LogP contribution < -0.4 is 5.73 Å². The first-order chi connectivity index (χ1) is 11.2. The number of rotatable bonds is 1. The lowest BCUT2D eigenvalue weighted by molar-refractivity contribution is 0.151. The van der Waals surface area contributed by atoms with Gasteiger partial charge in [-0.25, -0.2) is 0 Å². The molecule has 0 saturated carbocycles. The van der Waals surface area contributed by atoms with Crippen molar-refractivity contribution in [3.63, 3.8) is 0 Å². The van der Waals surface area contributed by atoms with Crippen molar-refractivity contribution in [2.75, 3.05) is 0 Å². The molecule has 1 aromatic heterocycles. The first kappa shape index (κ1) is 13.5. The number of nitrogens with zero attached hydrogens (tertiary/aromatic N) is 3. The van der Waals surface area contributed by atoms with E-state index in [0.29, 0.717) is 5.57 Å². The molecule has 5 nitrogen and oxygen atoms in total. The molecule has 5 heteroatoms. The van der Waals surface area contributed by atoms with Crippen LogP contribution in [0.3, 0.4) is 0 Å². The number of pyridine rings is 1. The molecule has 23 heavy (non-hydrogen) atoms. The van der Waals surface area contributed by atoms with E-state index in [0.717, 1.165) is 28.0 Å². The zero-order valence-electron chi connectivity index (χ0n) is 12.5. The molecule has 1 aliphatic carbocycles. The minimum atomic E-state index is -0.305. The fraction of sp³-hybridized carbons (Fsp3) is 0.167. The second-order valence-corrected chi connectivity index (χ2v) is 5.74. The average Bonchev–Trinajstić information content (AvgIpc) is 3.02. The number of hydrogen-bond donors (Lipinski definition) is 1. The summed E-state index contributed by atoms with van der Waals surface area (Å²) in [6, 6.07) is 4.24. The lowest BCUT2D eigenvalue weighted by Crippen LogP contribution is -2.33. The zero-order valence-corrected chi connectivity index (χ0v) is 12.5. The van der Waals surface area contributed by atoms with Crippen LogP contribution in [-0.2, 0) is 4.74 Å². The van der Waals surface area contributed by atoms with Gasteiger partial charge >= 0.3 is 0 Å². The monoisotopic (exact) mass is 302 g/mol. The van der Waals surface area contributed by atoms with Gasteiger partial charge in [0.1, 0.15) is 17.7 Å². The maximum Gasteiger partial charge on any atom is 0.200 e. The van der Waals surface area contributed by atoms with E-state index in [1.807, 2.05) is 31.2 Å². The van der Waals surface area contributed by atoms with Crippen molar-refractivity contribution >= 4 is 6.21 Å². The Bertz CT molecular complexity index is 896. The summed E-state index contributed by atoms with van der Waals surface area (Å²) in [7, 11) is 0. The highest BCUT2D eigenvalue weighted by Gasteiger charge is 2.40. The van der Waals surface area contributed by atoms with Gasteiger partial charge in [0, 0.05) is 24.2 Å². The molecule has 3 heterocycles. The number of ether oxygens (including phenoxy) is 1. The molecule has 0 aromatic carbocycles. The maximum absolute atomic E-state index is 9.57. The van der Waals surface area contributed by atoms with Crippen LogP contribution >= 0.6 is 0 Å². The van der Waals surface area contributed by atoms with Crippen molar-refractivity contribution in [2.45, 2.75) is 18.9 Å². The summed E-state index contributed by atoms with van der Waals surface area (Å²) in [5, 5.41) is 9.57. The predicted molar refractivity (Wildman–Crippen MR) is 86.2 cm³/mol. The number of nitrogens with two attached hydrogens (primary N) is 1. The normalized spacial score (nSPS) is 24.8. The molecule has 2 N–H and O–H groups in total. The molecular weight excluding hydrogens is 288 g/mol. The van der Waals surface area contributed by atoms with Crippen LogP contribution in [0, 0.1) is 18.3 Å². The quantitative estimate of drug-likeness (QED) is 0.863. The highest BCUT2D eigenvalue weighted by atomic mass is 16.5. The molecule has 2 aliphatic heterocycles. The summed E-state index contributed by atoms with van der Waals surface area (Å²) in [5.41, 5.74) is 11.3. The number of aryl methyl sites for hydroxylation is 1. The van der Waals surface area contributed by atoms with Gasteiger partial charge in [0.05, 0.1) is 11.6 Å². The van der Waals surface area contributed by atoms with E-state index in [1.54, 1.807) is 18.6 Å². The molecule has 3 aliphatic rings. The summed E-state index contributed by atoms with van der Waals surface area (Å²) in [4.78, 5) is 8.57. The van der Waals surface area contributed by atoms with Gasteiger partial charge in [0.15, 0.2) is 5.88 Å². The molecule has 0 radical (unpaired) electrons. The number of hydrogen-bond acceptors (Lipinski definition) is 5. The molecule has 0 spiro atoms. The van der Waals surface area contributed by atoms with Gasteiger partial charge in [-0.2, -0.15) is 5.26 Å². The molecule has 2 unspecified atom stereocenters. The van der Waals surface area contributed by atoms with Gasteiger partial charge in [-0.1, -0.05) is 12.1 Å². The van der Waals surface area contributed by atoms with E-state index in [1.165, 1.54) is 0 Å². The Balaban J connectivity index is 1.91. The lowest BCUT2D eigenvalue weighted by Gasteiger charge is -2.35. The lowest BCUT2D eigenvalue weighted by atomic mass is 9.77. The fourth-order valence-corrected chi connectivity index (χ4v) is 3.25. The number of fused-ring (bicyclic) bond motifs is 3. The summed E-state index contributed by atoms with van der Waals surface area (Å²) in [6.45, 7) is 1.98. The highest BCUT2D eigenvalue weighted by molar-refractivity contribution is 5.81. The topological polar surface area (TPSA) is 84.3 Å². The van der Waals surface area contributed by atoms with Crippen LogP contribution in [0.1, 0.15) is 17.0 Å². The number of nitriles is 1. The Hall–Kier alpha value is -3.13. The second-order valence-electron chi connectivity index (χ2n) is 5.74. The number of aromatic nitrogens is 1. The molecule has 0 bridgehead atoms. The third kappa shape index (κ3) is 2.00. The van der Waals surface area contributed by atoms with E-state index in [2.05, 4.69) is 16.0 Å². The molecule has 0 saturated heterocycles. The van der Waals surface area contributed by atoms with Crippen LogP contribution in [0.2, 0.25) is 0 Å². The fourth-order valence-electron chi connectivity index (χ4n) is 3.25. The molecule has 0 amide bonds. The van der Waals surface area contributed by atoms with Gasteiger partial charge in [0.2, 0.25) is 0 Å². The molecule has 4 rings (SSSR count). The second kappa shape index (κ2) is 4.96. The van der Waals surface area contributed by atoms with Crippen molar-refractivity contribution in [1.82, 2.24) is 4.98 Å². The predicted octanol–water partition coefficient (Wildman–Crippen LogP) is 2.40. The van der Waals surface area contributed by atoms with E-state index < -0.39 is 0 Å². The third-order valence-electron chi connectivity index (χ3n) is 4.26. The minimum Gasteiger partial charge on any atom is -0.466 e. The third-order valence-corrected chi connectivity index (χ3v) is 4.26. The van der Waals surface area contributed by atoms with Crippen LogP contribution in [0.4, 0.5) is 0 Å². The summed E-state index contributed by atoms with van der Waals surface area (Å²) >= 11 is 0. The Morgan fingerprint density at radius 3 is 2.91 bits per heavy atom. The van der Waals surface area contributed by atoms with Crippen molar-refractivity contribution in [1.29, 1.82) is 5.26 Å². The smallest absolute Gasteiger partial charge is 0.200 e. The Kier molecular flexibility index (Phi) is 2.91. The number of allylic oxidation sites excluding steroid dienone is 4. The molecule has 0 fully saturated rings. The van der Waals surface area contributed by atoms with Gasteiger partial charge in [0.25, 0.3) is 0 Å². The number of aliphatic imine (C=N–C) groups is 1. The highest BCUT2D eigenvalue weighted by Crippen LogP contribution is 2.45. The minimum absolute atomic E-state index is 0.176. The standard InChI is InChI=1S/C18H14N4O/c1-10-6-11(9-21-8-10)16-13-2-3-15-12(4-5-22-15)17(13)23-18(20)14(16)7-19/h2-6,8-9,16-17H,20H2,1H3. The van der Waals surface area contributed by atoms with Crippen LogP contribution in [-0.4, -0.2) is 17.3 Å². The van der Waals surface area contributed by atoms with E-state index in [-0.39, 0.29) is 17.9 Å². The van der Waals surface area contributed by atoms with Crippen molar-refractivity contribution < 1.29 is 4.74 Å². The van der Waals surface area contributed by atoms with E-state index in [4.69, 9.17) is 10.5 Å². The molecule has 2 atom stereocenters. The van der Waals surface area contributed by atoms with Crippen LogP contribution in [0.15, 0.2) is 70.0 Å². The Morgan fingerprint density at radius 2 is 2.13 bits per heavy atom. The first-order valence-corrected chi connectivity index (χ1v) is 7.33. The SMILES string of the molecule is Cc1cncc(C2C3=CC=C4N=CC=C4C3OC(N)=C2C#N)c1. The molecule has 112 valence electrons. The van der Waals surface area contributed by atoms with Gasteiger partial charge in [-0.15, -0.1) is 0 Å². The van der Waals surface area contributed by atoms with Gasteiger partial charge < -0.3 is 10.5 Å².